The second-order valence-corrected chi connectivity index (χ2v) is 9.04. The molecule has 5 rings (SSSR count). The summed E-state index contributed by atoms with van der Waals surface area (Å²) in [5.74, 6) is 1.77. The largest absolute Gasteiger partial charge is 0.456 e. The number of aromatic nitrogens is 1. The molecule has 2 heteroatoms. The van der Waals surface area contributed by atoms with E-state index in [0.29, 0.717) is 0 Å². The van der Waals surface area contributed by atoms with Gasteiger partial charge >= 0.3 is 0 Å². The molecule has 0 N–H and O–H groups in total. The van der Waals surface area contributed by atoms with E-state index in [0.717, 1.165) is 33.9 Å². The Morgan fingerprint density at radius 2 is 1.37 bits per heavy atom. The summed E-state index contributed by atoms with van der Waals surface area (Å²) in [6.07, 6.45) is 1.91. The first-order chi connectivity index (χ1) is 14.4. The van der Waals surface area contributed by atoms with Crippen LogP contribution in [0.5, 0.6) is 11.5 Å². The first-order valence-electron chi connectivity index (χ1n) is 10.4. The van der Waals surface area contributed by atoms with Gasteiger partial charge in [0.15, 0.2) is 0 Å². The van der Waals surface area contributed by atoms with Gasteiger partial charge in [-0.3, -0.25) is 4.98 Å². The molecule has 148 valence electrons. The zero-order chi connectivity index (χ0) is 20.9. The van der Waals surface area contributed by atoms with Crippen LogP contribution in [0.3, 0.4) is 0 Å². The second-order valence-electron chi connectivity index (χ2n) is 9.04. The summed E-state index contributed by atoms with van der Waals surface area (Å²) in [7, 11) is 0. The maximum atomic E-state index is 6.39. The molecule has 1 aliphatic heterocycles. The molecule has 0 unspecified atom stereocenters. The lowest BCUT2D eigenvalue weighted by molar-refractivity contribution is 0.487. The zero-order valence-corrected chi connectivity index (χ0v) is 17.9. The van der Waals surface area contributed by atoms with E-state index in [1.165, 1.54) is 22.3 Å². The summed E-state index contributed by atoms with van der Waals surface area (Å²) in [6, 6.07) is 25.6. The van der Waals surface area contributed by atoms with Crippen LogP contribution in [0.25, 0.3) is 33.5 Å². The Kier molecular flexibility index (Phi) is 4.25. The lowest BCUT2D eigenvalue weighted by atomic mass is 9.86. The number of nitrogens with zero attached hydrogens (tertiary/aromatic N) is 1. The van der Waals surface area contributed by atoms with Crippen molar-refractivity contribution in [2.45, 2.75) is 33.1 Å². The number of fused-ring (bicyclic) bond motifs is 5. The van der Waals surface area contributed by atoms with Gasteiger partial charge in [-0.1, -0.05) is 56.7 Å². The van der Waals surface area contributed by atoms with Crippen molar-refractivity contribution >= 4 is 0 Å². The Labute approximate surface area is 178 Å². The van der Waals surface area contributed by atoms with Crippen LogP contribution in [-0.2, 0) is 5.41 Å². The molecular weight excluding hydrogens is 366 g/mol. The van der Waals surface area contributed by atoms with Crippen molar-refractivity contribution in [2.75, 3.05) is 0 Å². The number of benzene rings is 3. The highest BCUT2D eigenvalue weighted by Crippen LogP contribution is 2.47. The molecule has 0 bridgehead atoms. The number of aryl methyl sites for hydroxylation is 1. The normalized spacial score (nSPS) is 12.3. The number of ether oxygens (including phenoxy) is 1. The Morgan fingerprint density at radius 1 is 0.700 bits per heavy atom. The van der Waals surface area contributed by atoms with Crippen molar-refractivity contribution in [2.24, 2.45) is 0 Å². The van der Waals surface area contributed by atoms with Gasteiger partial charge in [0.25, 0.3) is 0 Å². The molecule has 1 aliphatic rings. The summed E-state index contributed by atoms with van der Waals surface area (Å²) in [6.45, 7) is 8.80. The lowest BCUT2D eigenvalue weighted by Gasteiger charge is -2.19. The Balaban J connectivity index is 1.70. The van der Waals surface area contributed by atoms with E-state index in [-0.39, 0.29) is 5.41 Å². The fourth-order valence-corrected chi connectivity index (χ4v) is 4.06. The van der Waals surface area contributed by atoms with Gasteiger partial charge in [0.1, 0.15) is 11.5 Å². The molecule has 2 heterocycles. The average molecular weight is 392 g/mol. The minimum atomic E-state index is 0.0819. The topological polar surface area (TPSA) is 22.1 Å². The van der Waals surface area contributed by atoms with E-state index in [1.54, 1.807) is 0 Å². The molecule has 4 aromatic rings. The number of hydrogen-bond donors (Lipinski definition) is 0. The van der Waals surface area contributed by atoms with Crippen molar-refractivity contribution < 1.29 is 4.74 Å². The van der Waals surface area contributed by atoms with Gasteiger partial charge in [-0.15, -0.1) is 0 Å². The van der Waals surface area contributed by atoms with E-state index < -0.39 is 0 Å². The Morgan fingerprint density at radius 3 is 2.07 bits per heavy atom. The van der Waals surface area contributed by atoms with E-state index in [4.69, 9.17) is 4.74 Å². The first-order valence-corrected chi connectivity index (χ1v) is 10.4. The van der Waals surface area contributed by atoms with Crippen LogP contribution in [0, 0.1) is 6.92 Å². The van der Waals surface area contributed by atoms with Crippen LogP contribution in [-0.4, -0.2) is 4.98 Å². The summed E-state index contributed by atoms with van der Waals surface area (Å²) >= 11 is 0. The van der Waals surface area contributed by atoms with Gasteiger partial charge in [-0.2, -0.15) is 0 Å². The fraction of sp³-hybridized carbons (Fsp3) is 0.179. The van der Waals surface area contributed by atoms with Crippen molar-refractivity contribution in [1.29, 1.82) is 0 Å². The lowest BCUT2D eigenvalue weighted by Crippen LogP contribution is -2.11. The molecule has 0 atom stereocenters. The quantitative estimate of drug-likeness (QED) is 0.291. The molecular formula is C28H25NO. The maximum absolute atomic E-state index is 6.39. The third-order valence-corrected chi connectivity index (χ3v) is 5.76. The standard InChI is InChI=1S/C28H25NO/c1-18-9-11-26-23(15-18)21-7-5-6-8-22(21)24-16-19(10-12-27(24)30-26)25-17-20(13-14-29-25)28(2,3)4/h5-17H,1-4H3. The molecule has 0 radical (unpaired) electrons. The molecule has 2 nitrogen and oxygen atoms in total. The van der Waals surface area contributed by atoms with E-state index >= 15 is 0 Å². The monoisotopic (exact) mass is 391 g/mol. The van der Waals surface area contributed by atoms with Crippen LogP contribution in [0.1, 0.15) is 31.9 Å². The number of pyridine rings is 1. The van der Waals surface area contributed by atoms with E-state index in [2.05, 4.69) is 105 Å². The van der Waals surface area contributed by atoms with Gasteiger partial charge < -0.3 is 4.74 Å². The zero-order valence-electron chi connectivity index (χ0n) is 17.9. The predicted molar refractivity (Wildman–Crippen MR) is 124 cm³/mol. The Bertz CT molecular complexity index is 1260. The minimum absolute atomic E-state index is 0.0819. The van der Waals surface area contributed by atoms with E-state index in [9.17, 15) is 0 Å². The van der Waals surface area contributed by atoms with Gasteiger partial charge in [0.2, 0.25) is 0 Å². The van der Waals surface area contributed by atoms with Crippen LogP contribution in [0.15, 0.2) is 79.0 Å². The summed E-state index contributed by atoms with van der Waals surface area (Å²) in [5, 5.41) is 0. The predicted octanol–water partition coefficient (Wildman–Crippen LogP) is 7.79. The van der Waals surface area contributed by atoms with E-state index in [1.807, 2.05) is 6.20 Å². The molecule has 0 aliphatic carbocycles. The molecule has 0 saturated carbocycles. The molecule has 0 spiro atoms. The first kappa shape index (κ1) is 18.6. The fourth-order valence-electron chi connectivity index (χ4n) is 4.06. The molecule has 1 aromatic heterocycles. The highest BCUT2D eigenvalue weighted by Gasteiger charge is 2.21. The van der Waals surface area contributed by atoms with Crippen LogP contribution >= 0.6 is 0 Å². The third kappa shape index (κ3) is 3.19. The molecule has 0 amide bonds. The highest BCUT2D eigenvalue weighted by atomic mass is 16.5. The molecule has 0 fully saturated rings. The van der Waals surface area contributed by atoms with Gasteiger partial charge in [-0.05, 0) is 71.5 Å². The van der Waals surface area contributed by atoms with Crippen LogP contribution in [0.2, 0.25) is 0 Å². The SMILES string of the molecule is Cc1ccc2c(c1)-c1ccccc1-c1cc(-c3cc(C(C)(C)C)ccn3)ccc1O2. The summed E-state index contributed by atoms with van der Waals surface area (Å²) in [4.78, 5) is 4.66. The van der Waals surface area contributed by atoms with Gasteiger partial charge in [0.05, 0.1) is 5.69 Å². The number of rotatable bonds is 1. The molecule has 0 saturated heterocycles. The average Bonchev–Trinajstić information content (AvgIpc) is 2.87. The number of hydrogen-bond acceptors (Lipinski definition) is 2. The van der Waals surface area contributed by atoms with Crippen molar-refractivity contribution in [3.8, 4) is 45.0 Å². The van der Waals surface area contributed by atoms with Crippen LogP contribution < -0.4 is 4.74 Å². The molecule has 3 aromatic carbocycles. The highest BCUT2D eigenvalue weighted by molar-refractivity contribution is 5.92. The smallest absolute Gasteiger partial charge is 0.135 e. The van der Waals surface area contributed by atoms with Crippen molar-refractivity contribution in [3.05, 3.63) is 90.1 Å². The van der Waals surface area contributed by atoms with Crippen molar-refractivity contribution in [3.63, 3.8) is 0 Å². The minimum Gasteiger partial charge on any atom is -0.456 e. The Hall–Kier alpha value is -3.39. The summed E-state index contributed by atoms with van der Waals surface area (Å²) in [5.41, 5.74) is 9.29. The maximum Gasteiger partial charge on any atom is 0.135 e. The molecule has 30 heavy (non-hydrogen) atoms. The van der Waals surface area contributed by atoms with Crippen molar-refractivity contribution in [1.82, 2.24) is 4.98 Å². The van der Waals surface area contributed by atoms with Crippen LogP contribution in [0.4, 0.5) is 0 Å². The van der Waals surface area contributed by atoms with Gasteiger partial charge in [0, 0.05) is 22.9 Å². The third-order valence-electron chi connectivity index (χ3n) is 5.76. The summed E-state index contributed by atoms with van der Waals surface area (Å²) < 4.78 is 6.39. The van der Waals surface area contributed by atoms with Gasteiger partial charge in [-0.25, -0.2) is 0 Å². The second kappa shape index (κ2) is 6.84.